The molecule has 1 amide bonds. The summed E-state index contributed by atoms with van der Waals surface area (Å²) in [4.78, 5) is 12.9. The summed E-state index contributed by atoms with van der Waals surface area (Å²) in [6, 6.07) is 14.9. The summed E-state index contributed by atoms with van der Waals surface area (Å²) in [5, 5.41) is 12.5. The molecular formula is C25H26ClN5O3. The van der Waals surface area contributed by atoms with Gasteiger partial charge in [0.1, 0.15) is 11.5 Å². The Bertz CT molecular complexity index is 1330. The highest BCUT2D eigenvalue weighted by Gasteiger charge is 2.17. The summed E-state index contributed by atoms with van der Waals surface area (Å²) >= 11 is 5.99. The Morgan fingerprint density at radius 2 is 1.91 bits per heavy atom. The summed E-state index contributed by atoms with van der Waals surface area (Å²) < 4.78 is 14.5. The number of nitrogens with one attached hydrogen (secondary N) is 1. The van der Waals surface area contributed by atoms with E-state index in [9.17, 15) is 4.79 Å². The van der Waals surface area contributed by atoms with Gasteiger partial charge in [-0.2, -0.15) is 10.2 Å². The number of carbonyl (C=O) groups excluding carboxylic acids is 1. The first kappa shape index (κ1) is 23.4. The predicted molar refractivity (Wildman–Crippen MR) is 131 cm³/mol. The number of nitrogens with zero attached hydrogens (tertiary/aromatic N) is 4. The highest BCUT2D eigenvalue weighted by Crippen LogP contribution is 2.23. The van der Waals surface area contributed by atoms with Crippen molar-refractivity contribution >= 4 is 23.2 Å². The molecule has 1 N–H and O–H groups in total. The monoisotopic (exact) mass is 479 g/mol. The minimum Gasteiger partial charge on any atom is -0.497 e. The molecule has 8 nitrogen and oxygen atoms in total. The molecule has 4 aromatic rings. The third-order valence-electron chi connectivity index (χ3n) is 5.45. The van der Waals surface area contributed by atoms with Gasteiger partial charge in [-0.25, -0.2) is 4.68 Å². The van der Waals surface area contributed by atoms with Crippen LogP contribution in [-0.4, -0.2) is 32.6 Å². The maximum atomic E-state index is 12.9. The van der Waals surface area contributed by atoms with E-state index in [-0.39, 0.29) is 18.3 Å². The molecule has 0 aliphatic carbocycles. The molecule has 0 fully saturated rings. The van der Waals surface area contributed by atoms with Crippen LogP contribution in [0.15, 0.2) is 54.7 Å². The normalized spacial score (nSPS) is 10.9. The van der Waals surface area contributed by atoms with Crippen molar-refractivity contribution in [2.75, 3.05) is 12.4 Å². The summed E-state index contributed by atoms with van der Waals surface area (Å²) in [5.41, 5.74) is 4.53. The lowest BCUT2D eigenvalue weighted by atomic mass is 10.2. The number of rotatable bonds is 8. The number of halogens is 1. The van der Waals surface area contributed by atoms with Crippen molar-refractivity contribution in [3.8, 4) is 11.5 Å². The highest BCUT2D eigenvalue weighted by molar-refractivity contribution is 6.30. The Labute approximate surface area is 203 Å². The lowest BCUT2D eigenvalue weighted by Gasteiger charge is -2.09. The van der Waals surface area contributed by atoms with Crippen molar-refractivity contribution in [1.29, 1.82) is 0 Å². The van der Waals surface area contributed by atoms with Crippen LogP contribution < -0.4 is 14.8 Å². The van der Waals surface area contributed by atoms with Gasteiger partial charge in [-0.1, -0.05) is 23.7 Å². The molecule has 0 saturated carbocycles. The van der Waals surface area contributed by atoms with Crippen LogP contribution in [0, 0.1) is 20.8 Å². The number of benzene rings is 2. The lowest BCUT2D eigenvalue weighted by Crippen LogP contribution is -2.15. The zero-order chi connectivity index (χ0) is 24.2. The molecule has 34 heavy (non-hydrogen) atoms. The van der Waals surface area contributed by atoms with E-state index < -0.39 is 0 Å². The van der Waals surface area contributed by atoms with Crippen LogP contribution in [0.3, 0.4) is 0 Å². The average Bonchev–Trinajstić information content (AvgIpc) is 3.39. The molecule has 0 aliphatic rings. The molecule has 0 unspecified atom stereocenters. The summed E-state index contributed by atoms with van der Waals surface area (Å²) in [7, 11) is 1.64. The summed E-state index contributed by atoms with van der Waals surface area (Å²) in [5.74, 6) is 1.19. The van der Waals surface area contributed by atoms with Gasteiger partial charge in [0.2, 0.25) is 0 Å². The Morgan fingerprint density at radius 1 is 1.09 bits per heavy atom. The summed E-state index contributed by atoms with van der Waals surface area (Å²) in [6.07, 6.45) is 1.70. The third-order valence-corrected chi connectivity index (χ3v) is 5.68. The minimum atomic E-state index is -0.312. The van der Waals surface area contributed by atoms with Crippen LogP contribution in [0.1, 0.15) is 33.0 Å². The second-order valence-electron chi connectivity index (χ2n) is 7.93. The van der Waals surface area contributed by atoms with Crippen LogP contribution >= 0.6 is 11.6 Å². The van der Waals surface area contributed by atoms with E-state index in [4.69, 9.17) is 21.1 Å². The van der Waals surface area contributed by atoms with Gasteiger partial charge in [-0.05, 0) is 68.3 Å². The van der Waals surface area contributed by atoms with Crippen molar-refractivity contribution in [3.63, 3.8) is 0 Å². The van der Waals surface area contributed by atoms with Crippen LogP contribution in [0.25, 0.3) is 0 Å². The molecule has 176 valence electrons. The quantitative estimate of drug-likeness (QED) is 0.384. The van der Waals surface area contributed by atoms with Crippen molar-refractivity contribution in [2.45, 2.75) is 34.0 Å². The second kappa shape index (κ2) is 10.0. The van der Waals surface area contributed by atoms with Crippen LogP contribution in [-0.2, 0) is 13.3 Å². The van der Waals surface area contributed by atoms with E-state index in [1.165, 1.54) is 0 Å². The number of hydrogen-bond acceptors (Lipinski definition) is 5. The maximum Gasteiger partial charge on any atom is 0.276 e. The van der Waals surface area contributed by atoms with Gasteiger partial charge in [-0.15, -0.1) is 0 Å². The zero-order valence-electron chi connectivity index (χ0n) is 19.5. The lowest BCUT2D eigenvalue weighted by molar-refractivity contribution is 0.102. The standard InChI is InChI=1S/C25H26ClN5O3/c1-16-12-20(26)8-9-23(16)34-15-30-11-10-22(29-30)25(32)27-24-17(2)28-31(18(24)3)14-19-6-5-7-21(13-19)33-4/h5-13H,14-15H2,1-4H3,(H,27,32). The second-order valence-corrected chi connectivity index (χ2v) is 8.37. The topological polar surface area (TPSA) is 83.2 Å². The molecule has 0 aliphatic heterocycles. The smallest absolute Gasteiger partial charge is 0.276 e. The molecule has 2 aromatic heterocycles. The highest BCUT2D eigenvalue weighted by atomic mass is 35.5. The third kappa shape index (κ3) is 5.23. The van der Waals surface area contributed by atoms with Crippen molar-refractivity contribution in [1.82, 2.24) is 19.6 Å². The number of hydrogen-bond donors (Lipinski definition) is 1. The van der Waals surface area contributed by atoms with E-state index >= 15 is 0 Å². The zero-order valence-corrected chi connectivity index (χ0v) is 20.3. The van der Waals surface area contributed by atoms with Gasteiger partial charge < -0.3 is 14.8 Å². The number of aryl methyl sites for hydroxylation is 2. The molecule has 0 atom stereocenters. The first-order valence-corrected chi connectivity index (χ1v) is 11.1. The van der Waals surface area contributed by atoms with Crippen LogP contribution in [0.4, 0.5) is 5.69 Å². The Kier molecular flexibility index (Phi) is 6.88. The van der Waals surface area contributed by atoms with Gasteiger partial charge in [-0.3, -0.25) is 9.48 Å². The summed E-state index contributed by atoms with van der Waals surface area (Å²) in [6.45, 7) is 6.45. The van der Waals surface area contributed by atoms with E-state index in [0.717, 1.165) is 28.3 Å². The number of anilines is 1. The van der Waals surface area contributed by atoms with Crippen LogP contribution in [0.2, 0.25) is 5.02 Å². The first-order chi connectivity index (χ1) is 16.3. The Hall–Kier alpha value is -3.78. The first-order valence-electron chi connectivity index (χ1n) is 10.7. The van der Waals surface area contributed by atoms with Gasteiger partial charge in [0, 0.05) is 11.2 Å². The fourth-order valence-electron chi connectivity index (χ4n) is 3.62. The van der Waals surface area contributed by atoms with Gasteiger partial charge in [0.05, 0.1) is 30.7 Å². The number of methoxy groups -OCH3 is 1. The molecule has 4 rings (SSSR count). The van der Waals surface area contributed by atoms with Crippen molar-refractivity contribution in [2.24, 2.45) is 0 Å². The predicted octanol–water partition coefficient (Wildman–Crippen LogP) is 5.00. The minimum absolute atomic E-state index is 0.173. The maximum absolute atomic E-state index is 12.9. The average molecular weight is 480 g/mol. The van der Waals surface area contributed by atoms with E-state index in [1.54, 1.807) is 30.1 Å². The van der Waals surface area contributed by atoms with Gasteiger partial charge >= 0.3 is 0 Å². The largest absolute Gasteiger partial charge is 0.497 e. The van der Waals surface area contributed by atoms with Crippen molar-refractivity contribution in [3.05, 3.63) is 88.0 Å². The number of carbonyl (C=O) groups is 1. The Morgan fingerprint density at radius 3 is 2.68 bits per heavy atom. The van der Waals surface area contributed by atoms with Gasteiger partial charge in [0.25, 0.3) is 5.91 Å². The molecule has 2 aromatic carbocycles. The molecule has 9 heteroatoms. The fraction of sp³-hybridized carbons (Fsp3) is 0.240. The fourth-order valence-corrected chi connectivity index (χ4v) is 3.84. The molecule has 0 saturated heterocycles. The number of aromatic nitrogens is 4. The molecular weight excluding hydrogens is 454 g/mol. The number of amides is 1. The van der Waals surface area contributed by atoms with Gasteiger partial charge in [0.15, 0.2) is 12.4 Å². The SMILES string of the molecule is COc1cccc(Cn2nc(C)c(NC(=O)c3ccn(COc4ccc(Cl)cc4C)n3)c2C)c1. The van der Waals surface area contributed by atoms with E-state index in [0.29, 0.717) is 23.0 Å². The van der Waals surface area contributed by atoms with E-state index in [2.05, 4.69) is 15.5 Å². The Balaban J connectivity index is 1.42. The molecule has 0 spiro atoms. The number of ether oxygens (including phenoxy) is 2. The molecule has 0 radical (unpaired) electrons. The van der Waals surface area contributed by atoms with Crippen molar-refractivity contribution < 1.29 is 14.3 Å². The van der Waals surface area contributed by atoms with Crippen LogP contribution in [0.5, 0.6) is 11.5 Å². The molecule has 2 heterocycles. The van der Waals surface area contributed by atoms with E-state index in [1.807, 2.05) is 61.9 Å². The molecule has 0 bridgehead atoms.